The largest absolute Gasteiger partial charge is 0.454 e. The third-order valence-electron chi connectivity index (χ3n) is 10.0. The first kappa shape index (κ1) is 28.4. The van der Waals surface area contributed by atoms with E-state index in [1.54, 1.807) is 0 Å². The van der Waals surface area contributed by atoms with E-state index in [9.17, 15) is 0 Å². The maximum atomic E-state index is 6.59. The van der Waals surface area contributed by atoms with E-state index in [0.29, 0.717) is 0 Å². The molecule has 1 heterocycles. The summed E-state index contributed by atoms with van der Waals surface area (Å²) in [5.74, 6) is 0. The zero-order valence-corrected chi connectivity index (χ0v) is 27.3. The molecule has 0 N–H and O–H groups in total. The Morgan fingerprint density at radius 1 is 0.320 bits per heavy atom. The SMILES string of the molecule is c1cc(-c2ccc3ccccc3c2)cc(N(c2ccc(-c3ccc4c(ccc5ccccc54)c3)cc2)c2cccc3c2oc2ccccc23)c1. The third-order valence-corrected chi connectivity index (χ3v) is 10.0. The summed E-state index contributed by atoms with van der Waals surface area (Å²) >= 11 is 0. The van der Waals surface area contributed by atoms with Gasteiger partial charge in [0.05, 0.1) is 5.69 Å². The van der Waals surface area contributed by atoms with Crippen molar-refractivity contribution in [2.75, 3.05) is 4.90 Å². The van der Waals surface area contributed by atoms with Gasteiger partial charge in [-0.3, -0.25) is 0 Å². The Hall–Kier alpha value is -6.64. The highest BCUT2D eigenvalue weighted by molar-refractivity contribution is 6.11. The van der Waals surface area contributed by atoms with Crippen molar-refractivity contribution in [1.29, 1.82) is 0 Å². The number of benzene rings is 9. The summed E-state index contributed by atoms with van der Waals surface area (Å²) in [6.45, 7) is 0. The van der Waals surface area contributed by atoms with Crippen molar-refractivity contribution < 1.29 is 4.42 Å². The first-order valence-corrected chi connectivity index (χ1v) is 17.1. The number of furan rings is 1. The predicted molar refractivity (Wildman–Crippen MR) is 212 cm³/mol. The molecule has 0 aliphatic rings. The monoisotopic (exact) mass is 637 g/mol. The molecule has 10 aromatic rings. The van der Waals surface area contributed by atoms with Crippen LogP contribution in [0.15, 0.2) is 192 Å². The molecule has 0 aliphatic heterocycles. The van der Waals surface area contributed by atoms with Crippen molar-refractivity contribution >= 4 is 71.3 Å². The summed E-state index contributed by atoms with van der Waals surface area (Å²) in [6, 6.07) is 67.5. The minimum atomic E-state index is 0.871. The smallest absolute Gasteiger partial charge is 0.159 e. The van der Waals surface area contributed by atoms with Crippen molar-refractivity contribution in [3.63, 3.8) is 0 Å². The van der Waals surface area contributed by atoms with Crippen molar-refractivity contribution in [3.05, 3.63) is 188 Å². The van der Waals surface area contributed by atoms with Gasteiger partial charge in [0.2, 0.25) is 0 Å². The van der Waals surface area contributed by atoms with Crippen LogP contribution in [0.4, 0.5) is 17.1 Å². The number of nitrogens with zero attached hydrogens (tertiary/aromatic N) is 1. The Bertz CT molecular complexity index is 2880. The maximum Gasteiger partial charge on any atom is 0.159 e. The van der Waals surface area contributed by atoms with Crippen LogP contribution < -0.4 is 4.90 Å². The summed E-state index contributed by atoms with van der Waals surface area (Å²) < 4.78 is 6.59. The van der Waals surface area contributed by atoms with Gasteiger partial charge >= 0.3 is 0 Å². The van der Waals surface area contributed by atoms with Gasteiger partial charge in [-0.15, -0.1) is 0 Å². The average molecular weight is 638 g/mol. The lowest BCUT2D eigenvalue weighted by Crippen LogP contribution is -2.10. The molecule has 50 heavy (non-hydrogen) atoms. The van der Waals surface area contributed by atoms with Crippen LogP contribution in [0.25, 0.3) is 76.5 Å². The minimum Gasteiger partial charge on any atom is -0.454 e. The van der Waals surface area contributed by atoms with Crippen LogP contribution in [0.2, 0.25) is 0 Å². The Labute approximate surface area is 290 Å². The fourth-order valence-electron chi connectivity index (χ4n) is 7.52. The molecule has 0 aliphatic carbocycles. The zero-order chi connectivity index (χ0) is 33.0. The molecule has 234 valence electrons. The lowest BCUT2D eigenvalue weighted by molar-refractivity contribution is 0.669. The second-order valence-corrected chi connectivity index (χ2v) is 13.0. The first-order valence-electron chi connectivity index (χ1n) is 17.1. The second-order valence-electron chi connectivity index (χ2n) is 13.0. The van der Waals surface area contributed by atoms with Crippen molar-refractivity contribution in [2.24, 2.45) is 0 Å². The molecule has 0 spiro atoms. The van der Waals surface area contributed by atoms with E-state index in [1.165, 1.54) is 49.0 Å². The number of hydrogen-bond acceptors (Lipinski definition) is 2. The standard InChI is InChI=1S/C48H31NO/c1-2-11-35-29-38(21-19-32(35)9-1)36-12-7-13-41(31-36)49(46-17-8-16-45-44-15-5-6-18-47(44)50-48(45)46)40-26-23-33(24-27-40)37-25-28-43-39(30-37)22-20-34-10-3-4-14-42(34)43/h1-31H. The zero-order valence-electron chi connectivity index (χ0n) is 27.3. The molecule has 2 nitrogen and oxygen atoms in total. The quantitative estimate of drug-likeness (QED) is 0.175. The Morgan fingerprint density at radius 2 is 0.920 bits per heavy atom. The lowest BCUT2D eigenvalue weighted by atomic mass is 9.97. The molecule has 0 unspecified atom stereocenters. The summed E-state index contributed by atoms with van der Waals surface area (Å²) in [5.41, 5.74) is 9.61. The molecule has 1 aromatic heterocycles. The van der Waals surface area contributed by atoms with Crippen LogP contribution >= 0.6 is 0 Å². The average Bonchev–Trinajstić information content (AvgIpc) is 3.57. The number of hydrogen-bond donors (Lipinski definition) is 0. The molecular formula is C48H31NO. The van der Waals surface area contributed by atoms with Gasteiger partial charge in [0, 0.05) is 22.1 Å². The topological polar surface area (TPSA) is 16.4 Å². The molecular weight excluding hydrogens is 607 g/mol. The normalized spacial score (nSPS) is 11.6. The van der Waals surface area contributed by atoms with Gasteiger partial charge in [-0.2, -0.15) is 0 Å². The predicted octanol–water partition coefficient (Wildman–Crippen LogP) is 13.8. The van der Waals surface area contributed by atoms with Gasteiger partial charge in [0.15, 0.2) is 5.58 Å². The van der Waals surface area contributed by atoms with Crippen LogP contribution in [0.5, 0.6) is 0 Å². The summed E-state index contributed by atoms with van der Waals surface area (Å²) in [7, 11) is 0. The van der Waals surface area contributed by atoms with Gasteiger partial charge in [-0.05, 0) is 103 Å². The van der Waals surface area contributed by atoms with Gasteiger partial charge in [-0.25, -0.2) is 0 Å². The van der Waals surface area contributed by atoms with Crippen molar-refractivity contribution in [2.45, 2.75) is 0 Å². The Morgan fingerprint density at radius 3 is 1.82 bits per heavy atom. The van der Waals surface area contributed by atoms with Crippen LogP contribution in [0, 0.1) is 0 Å². The van der Waals surface area contributed by atoms with Crippen LogP contribution in [0.1, 0.15) is 0 Å². The molecule has 0 saturated carbocycles. The Balaban J connectivity index is 1.11. The van der Waals surface area contributed by atoms with E-state index in [0.717, 1.165) is 44.6 Å². The fourth-order valence-corrected chi connectivity index (χ4v) is 7.52. The van der Waals surface area contributed by atoms with E-state index in [2.05, 4.69) is 181 Å². The van der Waals surface area contributed by atoms with E-state index in [1.807, 2.05) is 12.1 Å². The van der Waals surface area contributed by atoms with Gasteiger partial charge in [0.25, 0.3) is 0 Å². The van der Waals surface area contributed by atoms with E-state index in [4.69, 9.17) is 4.42 Å². The highest BCUT2D eigenvalue weighted by Crippen LogP contribution is 2.43. The van der Waals surface area contributed by atoms with Gasteiger partial charge in [0.1, 0.15) is 5.58 Å². The van der Waals surface area contributed by atoms with Gasteiger partial charge in [-0.1, -0.05) is 140 Å². The third kappa shape index (κ3) is 4.73. The lowest BCUT2D eigenvalue weighted by Gasteiger charge is -2.26. The van der Waals surface area contributed by atoms with Crippen LogP contribution in [-0.2, 0) is 0 Å². The molecule has 0 atom stereocenters. The highest BCUT2D eigenvalue weighted by Gasteiger charge is 2.20. The minimum absolute atomic E-state index is 0.871. The molecule has 0 bridgehead atoms. The Kier molecular flexibility index (Phi) is 6.53. The molecule has 0 fully saturated rings. The molecule has 0 radical (unpaired) electrons. The van der Waals surface area contributed by atoms with Crippen LogP contribution in [0.3, 0.4) is 0 Å². The summed E-state index contributed by atoms with van der Waals surface area (Å²) in [4.78, 5) is 2.32. The summed E-state index contributed by atoms with van der Waals surface area (Å²) in [6.07, 6.45) is 0. The van der Waals surface area contributed by atoms with E-state index >= 15 is 0 Å². The molecule has 9 aromatic carbocycles. The number of anilines is 3. The molecule has 2 heteroatoms. The van der Waals surface area contributed by atoms with E-state index < -0.39 is 0 Å². The number of fused-ring (bicyclic) bond motifs is 7. The second kappa shape index (κ2) is 11.5. The number of para-hydroxylation sites is 2. The van der Waals surface area contributed by atoms with Crippen molar-refractivity contribution in [3.8, 4) is 22.3 Å². The van der Waals surface area contributed by atoms with Gasteiger partial charge < -0.3 is 9.32 Å². The molecule has 10 rings (SSSR count). The number of rotatable bonds is 5. The maximum absolute atomic E-state index is 6.59. The summed E-state index contributed by atoms with van der Waals surface area (Å²) in [5, 5.41) is 9.77. The first-order chi connectivity index (χ1) is 24.8. The van der Waals surface area contributed by atoms with Crippen molar-refractivity contribution in [1.82, 2.24) is 0 Å². The highest BCUT2D eigenvalue weighted by atomic mass is 16.3. The van der Waals surface area contributed by atoms with Crippen LogP contribution in [-0.4, -0.2) is 0 Å². The molecule has 0 amide bonds. The fraction of sp³-hybridized carbons (Fsp3) is 0. The molecule has 0 saturated heterocycles. The van der Waals surface area contributed by atoms with E-state index in [-0.39, 0.29) is 0 Å².